The average molecular weight is 342 g/mol. The van der Waals surface area contributed by atoms with Gasteiger partial charge in [0.15, 0.2) is 11.6 Å². The fourth-order valence-corrected chi connectivity index (χ4v) is 2.53. The normalized spacial score (nSPS) is 10.6. The second-order valence-electron chi connectivity index (χ2n) is 6.23. The average Bonchev–Trinajstić information content (AvgIpc) is 2.66. The van der Waals surface area contributed by atoms with Crippen molar-refractivity contribution in [3.63, 3.8) is 0 Å². The van der Waals surface area contributed by atoms with Crippen molar-refractivity contribution in [2.75, 3.05) is 13.2 Å². The number of aromatic nitrogens is 2. The van der Waals surface area contributed by atoms with Crippen LogP contribution in [0.4, 0.5) is 0 Å². The molecule has 136 valence electrons. The summed E-state index contributed by atoms with van der Waals surface area (Å²) in [6.07, 6.45) is 12.1. The van der Waals surface area contributed by atoms with Crippen LogP contribution in [0.1, 0.15) is 58.8 Å². The van der Waals surface area contributed by atoms with Gasteiger partial charge in [0.05, 0.1) is 25.6 Å². The second kappa shape index (κ2) is 11.5. The van der Waals surface area contributed by atoms with E-state index in [1.165, 1.54) is 32.1 Å². The minimum atomic E-state index is 0.703. The molecular weight excluding hydrogens is 312 g/mol. The molecule has 1 aromatic carbocycles. The van der Waals surface area contributed by atoms with Gasteiger partial charge < -0.3 is 9.47 Å². The van der Waals surface area contributed by atoms with E-state index in [1.807, 2.05) is 24.3 Å². The van der Waals surface area contributed by atoms with Crippen LogP contribution in [0.2, 0.25) is 0 Å². The summed E-state index contributed by atoms with van der Waals surface area (Å²) in [6.45, 7) is 5.80. The monoisotopic (exact) mass is 342 g/mol. The zero-order valence-corrected chi connectivity index (χ0v) is 15.5. The molecule has 0 spiro atoms. The Balaban J connectivity index is 1.75. The van der Waals surface area contributed by atoms with Crippen LogP contribution < -0.4 is 9.47 Å². The Labute approximate surface area is 151 Å². The summed E-state index contributed by atoms with van der Waals surface area (Å²) >= 11 is 0. The molecule has 0 unspecified atom stereocenters. The lowest BCUT2D eigenvalue weighted by atomic mass is 10.1. The molecule has 0 saturated carbocycles. The zero-order valence-electron chi connectivity index (χ0n) is 15.5. The van der Waals surface area contributed by atoms with Crippen molar-refractivity contribution in [2.24, 2.45) is 0 Å². The number of benzene rings is 1. The van der Waals surface area contributed by atoms with Crippen molar-refractivity contribution in [2.45, 2.75) is 58.8 Å². The molecule has 0 atom stereocenters. The van der Waals surface area contributed by atoms with Gasteiger partial charge in [-0.1, -0.05) is 46.0 Å². The van der Waals surface area contributed by atoms with E-state index >= 15 is 0 Å². The Kier molecular flexibility index (Phi) is 8.81. The number of nitrogens with zero attached hydrogens (tertiary/aromatic N) is 2. The zero-order chi connectivity index (χ0) is 17.7. The van der Waals surface area contributed by atoms with Gasteiger partial charge in [0.25, 0.3) is 0 Å². The van der Waals surface area contributed by atoms with Gasteiger partial charge in [0, 0.05) is 5.56 Å². The highest BCUT2D eigenvalue weighted by atomic mass is 16.5. The maximum absolute atomic E-state index is 5.72. The van der Waals surface area contributed by atoms with Crippen molar-refractivity contribution >= 4 is 0 Å². The molecule has 2 rings (SSSR count). The third kappa shape index (κ3) is 7.12. The summed E-state index contributed by atoms with van der Waals surface area (Å²) in [5, 5.41) is 0. The minimum Gasteiger partial charge on any atom is -0.494 e. The van der Waals surface area contributed by atoms with E-state index in [1.54, 1.807) is 12.4 Å². The summed E-state index contributed by atoms with van der Waals surface area (Å²) in [5.74, 6) is 2.32. The van der Waals surface area contributed by atoms with E-state index in [0.717, 1.165) is 43.1 Å². The van der Waals surface area contributed by atoms with Crippen molar-refractivity contribution in [3.05, 3.63) is 36.7 Å². The minimum absolute atomic E-state index is 0.703. The van der Waals surface area contributed by atoms with Crippen molar-refractivity contribution < 1.29 is 9.47 Å². The van der Waals surface area contributed by atoms with E-state index in [-0.39, 0.29) is 0 Å². The van der Waals surface area contributed by atoms with Gasteiger partial charge in [0.2, 0.25) is 0 Å². The molecule has 0 aliphatic rings. The van der Waals surface area contributed by atoms with Crippen LogP contribution in [0.5, 0.6) is 11.5 Å². The van der Waals surface area contributed by atoms with Gasteiger partial charge in [-0.3, -0.25) is 0 Å². The van der Waals surface area contributed by atoms with Crippen molar-refractivity contribution in [1.29, 1.82) is 0 Å². The summed E-state index contributed by atoms with van der Waals surface area (Å²) < 4.78 is 11.3. The lowest BCUT2D eigenvalue weighted by Crippen LogP contribution is -1.99. The predicted octanol–water partition coefficient (Wildman–Crippen LogP) is 5.67. The number of hydrogen-bond donors (Lipinski definition) is 0. The topological polar surface area (TPSA) is 44.2 Å². The molecule has 2 aromatic rings. The first-order valence-electron chi connectivity index (χ1n) is 9.51. The van der Waals surface area contributed by atoms with E-state index in [0.29, 0.717) is 5.82 Å². The van der Waals surface area contributed by atoms with Crippen LogP contribution in [0.3, 0.4) is 0 Å². The van der Waals surface area contributed by atoms with Crippen LogP contribution in [0, 0.1) is 0 Å². The number of unbranched alkanes of at least 4 members (excludes halogenated alkanes) is 5. The summed E-state index contributed by atoms with van der Waals surface area (Å²) in [4.78, 5) is 8.81. The number of ether oxygens (including phenoxy) is 2. The third-order valence-corrected chi connectivity index (χ3v) is 3.98. The van der Waals surface area contributed by atoms with E-state index in [9.17, 15) is 0 Å². The molecular formula is C21H30N2O2. The second-order valence-corrected chi connectivity index (χ2v) is 6.23. The first-order chi connectivity index (χ1) is 12.3. The Morgan fingerprint density at radius 1 is 0.680 bits per heavy atom. The molecule has 1 heterocycles. The van der Waals surface area contributed by atoms with Gasteiger partial charge in [-0.25, -0.2) is 9.97 Å². The first-order valence-corrected chi connectivity index (χ1v) is 9.51. The molecule has 0 bridgehead atoms. The van der Waals surface area contributed by atoms with Crippen molar-refractivity contribution in [3.8, 4) is 22.9 Å². The predicted molar refractivity (Wildman–Crippen MR) is 102 cm³/mol. The molecule has 0 saturated heterocycles. The molecule has 4 nitrogen and oxygen atoms in total. The van der Waals surface area contributed by atoms with Crippen LogP contribution in [-0.2, 0) is 0 Å². The van der Waals surface area contributed by atoms with E-state index in [2.05, 4.69) is 23.8 Å². The van der Waals surface area contributed by atoms with Crippen molar-refractivity contribution in [1.82, 2.24) is 9.97 Å². The lowest BCUT2D eigenvalue weighted by molar-refractivity contribution is 0.302. The highest BCUT2D eigenvalue weighted by Crippen LogP contribution is 2.20. The Bertz CT molecular complexity index is 582. The molecule has 0 fully saturated rings. The highest BCUT2D eigenvalue weighted by Gasteiger charge is 2.03. The quantitative estimate of drug-likeness (QED) is 0.466. The molecule has 4 heteroatoms. The molecule has 25 heavy (non-hydrogen) atoms. The van der Waals surface area contributed by atoms with Crippen LogP contribution in [0.15, 0.2) is 36.7 Å². The summed E-state index contributed by atoms with van der Waals surface area (Å²) in [6, 6.07) is 7.88. The molecule has 0 aliphatic carbocycles. The summed E-state index contributed by atoms with van der Waals surface area (Å²) in [5.41, 5.74) is 0.978. The van der Waals surface area contributed by atoms with Gasteiger partial charge in [-0.15, -0.1) is 0 Å². The smallest absolute Gasteiger partial charge is 0.159 e. The van der Waals surface area contributed by atoms with Gasteiger partial charge >= 0.3 is 0 Å². The molecule has 0 radical (unpaired) electrons. The summed E-state index contributed by atoms with van der Waals surface area (Å²) in [7, 11) is 0. The fraction of sp³-hybridized carbons (Fsp3) is 0.524. The standard InChI is InChI=1S/C21H30N2O2/c1-3-5-6-7-8-9-15-25-20-16-22-21(23-17-20)18-10-12-19(13-11-18)24-14-4-2/h10-13,16-17H,3-9,14-15H2,1-2H3. The molecule has 0 aliphatic heterocycles. The Hall–Kier alpha value is -2.10. The van der Waals surface area contributed by atoms with Gasteiger partial charge in [0.1, 0.15) is 5.75 Å². The van der Waals surface area contributed by atoms with Gasteiger partial charge in [-0.2, -0.15) is 0 Å². The lowest BCUT2D eigenvalue weighted by Gasteiger charge is -2.07. The van der Waals surface area contributed by atoms with E-state index in [4.69, 9.17) is 9.47 Å². The number of hydrogen-bond acceptors (Lipinski definition) is 4. The maximum Gasteiger partial charge on any atom is 0.159 e. The molecule has 0 N–H and O–H groups in total. The Morgan fingerprint density at radius 2 is 1.32 bits per heavy atom. The number of rotatable bonds is 12. The SMILES string of the molecule is CCCCCCCCOc1cnc(-c2ccc(OCCC)cc2)nc1. The highest BCUT2D eigenvalue weighted by molar-refractivity contribution is 5.56. The molecule has 1 aromatic heterocycles. The third-order valence-electron chi connectivity index (χ3n) is 3.98. The maximum atomic E-state index is 5.72. The van der Waals surface area contributed by atoms with Crippen LogP contribution in [-0.4, -0.2) is 23.2 Å². The largest absolute Gasteiger partial charge is 0.494 e. The first kappa shape index (κ1) is 19.2. The van der Waals surface area contributed by atoms with E-state index < -0.39 is 0 Å². The Morgan fingerprint density at radius 3 is 2.00 bits per heavy atom. The van der Waals surface area contributed by atoms with Gasteiger partial charge in [-0.05, 0) is 37.1 Å². The van der Waals surface area contributed by atoms with Crippen LogP contribution >= 0.6 is 0 Å². The molecule has 0 amide bonds. The fourth-order valence-electron chi connectivity index (χ4n) is 2.53. The van der Waals surface area contributed by atoms with Crippen LogP contribution in [0.25, 0.3) is 11.4 Å².